The number of ether oxygens (including phenoxy) is 2. The van der Waals surface area contributed by atoms with Crippen molar-refractivity contribution in [3.8, 4) is 0 Å². The van der Waals surface area contributed by atoms with E-state index in [1.807, 2.05) is 6.07 Å². The maximum Gasteiger partial charge on any atom is 0.325 e. The summed E-state index contributed by atoms with van der Waals surface area (Å²) in [5.41, 5.74) is 6.61. The van der Waals surface area contributed by atoms with E-state index in [0.717, 1.165) is 25.7 Å². The molecule has 0 amide bonds. The van der Waals surface area contributed by atoms with Crippen molar-refractivity contribution in [3.05, 3.63) is 35.9 Å². The van der Waals surface area contributed by atoms with Gasteiger partial charge in [-0.1, -0.05) is 30.3 Å². The average Bonchev–Trinajstić information content (AvgIpc) is 2.52. The van der Waals surface area contributed by atoms with Crippen molar-refractivity contribution >= 4 is 5.97 Å². The monoisotopic (exact) mass is 291 g/mol. The molecule has 1 saturated carbocycles. The summed E-state index contributed by atoms with van der Waals surface area (Å²) in [7, 11) is 1.39. The summed E-state index contributed by atoms with van der Waals surface area (Å²) < 4.78 is 10.7. The number of methoxy groups -OCH3 is 1. The molecule has 1 aromatic carbocycles. The van der Waals surface area contributed by atoms with Crippen LogP contribution in [-0.2, 0) is 20.7 Å². The lowest BCUT2D eigenvalue weighted by molar-refractivity contribution is -0.150. The van der Waals surface area contributed by atoms with E-state index < -0.39 is 5.54 Å². The molecular formula is C17H25NO3. The second-order valence-electron chi connectivity index (χ2n) is 5.83. The van der Waals surface area contributed by atoms with E-state index >= 15 is 0 Å². The molecule has 2 N–H and O–H groups in total. The number of carbonyl (C=O) groups is 1. The second kappa shape index (κ2) is 7.57. The van der Waals surface area contributed by atoms with Gasteiger partial charge in [0.1, 0.15) is 5.54 Å². The van der Waals surface area contributed by atoms with E-state index in [0.29, 0.717) is 19.4 Å². The highest BCUT2D eigenvalue weighted by molar-refractivity contribution is 5.80. The van der Waals surface area contributed by atoms with Crippen LogP contribution in [0.25, 0.3) is 0 Å². The largest absolute Gasteiger partial charge is 0.468 e. The maximum atomic E-state index is 11.7. The number of hydrogen-bond donors (Lipinski definition) is 1. The van der Waals surface area contributed by atoms with Crippen LogP contribution in [0.4, 0.5) is 0 Å². The molecule has 0 spiro atoms. The van der Waals surface area contributed by atoms with Gasteiger partial charge in [-0.2, -0.15) is 0 Å². The predicted molar refractivity (Wildman–Crippen MR) is 81.9 cm³/mol. The van der Waals surface area contributed by atoms with Crippen LogP contribution in [-0.4, -0.2) is 31.3 Å². The highest BCUT2D eigenvalue weighted by atomic mass is 16.5. The van der Waals surface area contributed by atoms with E-state index in [1.54, 1.807) is 0 Å². The molecule has 0 bridgehead atoms. The molecule has 0 radical (unpaired) electrons. The standard InChI is InChI=1S/C17H25NO3/c1-20-16(19)17(18)11-5-10-15(13-17)21-12-6-9-14-7-3-2-4-8-14/h2-4,7-8,15H,5-6,9-13,18H2,1H3. The van der Waals surface area contributed by atoms with Crippen LogP contribution >= 0.6 is 0 Å². The topological polar surface area (TPSA) is 61.5 Å². The third-order valence-corrected chi connectivity index (χ3v) is 4.14. The number of esters is 1. The third-order valence-electron chi connectivity index (χ3n) is 4.14. The van der Waals surface area contributed by atoms with E-state index in [1.165, 1.54) is 12.7 Å². The van der Waals surface area contributed by atoms with Gasteiger partial charge in [0.2, 0.25) is 0 Å². The Balaban J connectivity index is 1.72. The molecule has 1 aromatic rings. The van der Waals surface area contributed by atoms with Gasteiger partial charge in [-0.3, -0.25) is 4.79 Å². The van der Waals surface area contributed by atoms with Crippen LogP contribution in [0.15, 0.2) is 30.3 Å². The normalized spacial score (nSPS) is 25.5. The Kier molecular flexibility index (Phi) is 5.76. The molecule has 21 heavy (non-hydrogen) atoms. The van der Waals surface area contributed by atoms with Gasteiger partial charge in [0.05, 0.1) is 13.2 Å². The predicted octanol–water partition coefficient (Wildman–Crippen LogP) is 2.45. The SMILES string of the molecule is COC(=O)C1(N)CCCC(OCCCc2ccccc2)C1. The minimum absolute atomic E-state index is 0.0682. The summed E-state index contributed by atoms with van der Waals surface area (Å²) >= 11 is 0. The van der Waals surface area contributed by atoms with Gasteiger partial charge >= 0.3 is 5.97 Å². The van der Waals surface area contributed by atoms with Crippen molar-refractivity contribution in [2.45, 2.75) is 50.2 Å². The molecule has 4 heteroatoms. The Morgan fingerprint density at radius 2 is 2.14 bits per heavy atom. The quantitative estimate of drug-likeness (QED) is 0.646. The van der Waals surface area contributed by atoms with Crippen molar-refractivity contribution in [1.82, 2.24) is 0 Å². The zero-order chi connectivity index (χ0) is 15.1. The average molecular weight is 291 g/mol. The van der Waals surface area contributed by atoms with Gasteiger partial charge < -0.3 is 15.2 Å². The van der Waals surface area contributed by atoms with Gasteiger partial charge in [0.15, 0.2) is 0 Å². The lowest BCUT2D eigenvalue weighted by Crippen LogP contribution is -2.53. The third kappa shape index (κ3) is 4.55. The molecule has 1 aliphatic rings. The van der Waals surface area contributed by atoms with Gasteiger partial charge in [0, 0.05) is 13.0 Å². The van der Waals surface area contributed by atoms with Crippen LogP contribution in [0.1, 0.15) is 37.7 Å². The minimum atomic E-state index is -0.864. The number of aryl methyl sites for hydroxylation is 1. The van der Waals surface area contributed by atoms with Crippen molar-refractivity contribution in [3.63, 3.8) is 0 Å². The fourth-order valence-corrected chi connectivity index (χ4v) is 2.96. The molecule has 2 atom stereocenters. The molecule has 2 rings (SSSR count). The van der Waals surface area contributed by atoms with Crippen LogP contribution < -0.4 is 5.73 Å². The molecule has 0 aliphatic heterocycles. The number of hydrogen-bond acceptors (Lipinski definition) is 4. The number of rotatable bonds is 6. The first-order valence-corrected chi connectivity index (χ1v) is 7.67. The molecular weight excluding hydrogens is 266 g/mol. The molecule has 0 aromatic heterocycles. The zero-order valence-corrected chi connectivity index (χ0v) is 12.7. The summed E-state index contributed by atoms with van der Waals surface area (Å²) in [6.45, 7) is 0.705. The summed E-state index contributed by atoms with van der Waals surface area (Å²) in [6, 6.07) is 10.4. The van der Waals surface area contributed by atoms with Crippen molar-refractivity contribution in [2.24, 2.45) is 5.73 Å². The molecule has 116 valence electrons. The molecule has 2 unspecified atom stereocenters. The molecule has 1 aliphatic carbocycles. The van der Waals surface area contributed by atoms with Gasteiger partial charge in [-0.05, 0) is 37.7 Å². The highest BCUT2D eigenvalue weighted by Gasteiger charge is 2.40. The van der Waals surface area contributed by atoms with Gasteiger partial charge in [-0.25, -0.2) is 0 Å². The number of benzene rings is 1. The Bertz CT molecular complexity index is 449. The van der Waals surface area contributed by atoms with Crippen LogP contribution in [0.2, 0.25) is 0 Å². The van der Waals surface area contributed by atoms with Crippen LogP contribution in [0, 0.1) is 0 Å². The maximum absolute atomic E-state index is 11.7. The second-order valence-corrected chi connectivity index (χ2v) is 5.83. The Morgan fingerprint density at radius 3 is 2.86 bits per heavy atom. The first kappa shape index (κ1) is 16.0. The van der Waals surface area contributed by atoms with E-state index in [4.69, 9.17) is 15.2 Å². The summed E-state index contributed by atoms with van der Waals surface area (Å²) in [5, 5.41) is 0. The van der Waals surface area contributed by atoms with Gasteiger partial charge in [-0.15, -0.1) is 0 Å². The lowest BCUT2D eigenvalue weighted by Gasteiger charge is -2.35. The Hall–Kier alpha value is -1.39. The lowest BCUT2D eigenvalue weighted by atomic mass is 9.81. The van der Waals surface area contributed by atoms with E-state index in [9.17, 15) is 4.79 Å². The van der Waals surface area contributed by atoms with Crippen LogP contribution in [0.5, 0.6) is 0 Å². The minimum Gasteiger partial charge on any atom is -0.468 e. The van der Waals surface area contributed by atoms with Gasteiger partial charge in [0.25, 0.3) is 0 Å². The van der Waals surface area contributed by atoms with Crippen molar-refractivity contribution in [2.75, 3.05) is 13.7 Å². The Labute approximate surface area is 126 Å². The summed E-state index contributed by atoms with van der Waals surface area (Å²) in [5.74, 6) is -0.319. The zero-order valence-electron chi connectivity index (χ0n) is 12.7. The van der Waals surface area contributed by atoms with Crippen molar-refractivity contribution < 1.29 is 14.3 Å². The molecule has 0 saturated heterocycles. The van der Waals surface area contributed by atoms with E-state index in [2.05, 4.69) is 24.3 Å². The summed E-state index contributed by atoms with van der Waals surface area (Å²) in [4.78, 5) is 11.7. The summed E-state index contributed by atoms with van der Waals surface area (Å²) in [6.07, 6.45) is 5.19. The molecule has 1 fully saturated rings. The first-order valence-electron chi connectivity index (χ1n) is 7.67. The molecule has 0 heterocycles. The fraction of sp³-hybridized carbons (Fsp3) is 0.588. The smallest absolute Gasteiger partial charge is 0.325 e. The Morgan fingerprint density at radius 1 is 1.38 bits per heavy atom. The first-order chi connectivity index (χ1) is 10.1. The highest BCUT2D eigenvalue weighted by Crippen LogP contribution is 2.29. The number of carbonyl (C=O) groups excluding carboxylic acids is 1. The van der Waals surface area contributed by atoms with E-state index in [-0.39, 0.29) is 12.1 Å². The van der Waals surface area contributed by atoms with Crippen molar-refractivity contribution in [1.29, 1.82) is 0 Å². The number of nitrogens with two attached hydrogens (primary N) is 1. The fourth-order valence-electron chi connectivity index (χ4n) is 2.96. The molecule has 4 nitrogen and oxygen atoms in total. The van der Waals surface area contributed by atoms with Crippen LogP contribution in [0.3, 0.4) is 0 Å².